The highest BCUT2D eigenvalue weighted by Crippen LogP contribution is 2.29. The number of rotatable bonds is 9. The molecular weight excluding hydrogens is 432 g/mol. The molecular formula is C23H24N2O6S. The van der Waals surface area contributed by atoms with E-state index in [0.717, 1.165) is 0 Å². The standard InChI is InChI=1S/C23H24N2O6S/c1-25(32(27,28)20-7-5-4-6-8-20)17-9-11-18(12-10-17)31-16-23(26)24-21-14-13-19(29-2)15-22(21)30-3/h4-15H,16H2,1-3H3,(H,24,26). The molecule has 0 saturated carbocycles. The number of hydrogen-bond acceptors (Lipinski definition) is 6. The molecule has 8 nitrogen and oxygen atoms in total. The Balaban J connectivity index is 1.61. The summed E-state index contributed by atoms with van der Waals surface area (Å²) in [7, 11) is 0.851. The molecule has 0 heterocycles. The third-order valence-corrected chi connectivity index (χ3v) is 6.45. The minimum atomic E-state index is -3.67. The number of nitrogens with zero attached hydrogens (tertiary/aromatic N) is 1. The molecule has 3 aromatic rings. The molecule has 3 aromatic carbocycles. The van der Waals surface area contributed by atoms with Crippen LogP contribution in [0.1, 0.15) is 0 Å². The number of carbonyl (C=O) groups is 1. The molecule has 0 bridgehead atoms. The van der Waals surface area contributed by atoms with Gasteiger partial charge in [0.15, 0.2) is 6.61 Å². The number of carbonyl (C=O) groups excluding carboxylic acids is 1. The SMILES string of the molecule is COc1ccc(NC(=O)COc2ccc(N(C)S(=O)(=O)c3ccccc3)cc2)c(OC)c1. The topological polar surface area (TPSA) is 94.2 Å². The Hall–Kier alpha value is -3.72. The van der Waals surface area contributed by atoms with Gasteiger partial charge in [-0.2, -0.15) is 0 Å². The van der Waals surface area contributed by atoms with E-state index in [0.29, 0.717) is 28.6 Å². The van der Waals surface area contributed by atoms with E-state index >= 15 is 0 Å². The maximum Gasteiger partial charge on any atom is 0.264 e. The van der Waals surface area contributed by atoms with E-state index in [1.165, 1.54) is 18.5 Å². The predicted octanol–water partition coefficient (Wildman–Crippen LogP) is 3.55. The lowest BCUT2D eigenvalue weighted by molar-refractivity contribution is -0.118. The molecule has 0 aromatic heterocycles. The van der Waals surface area contributed by atoms with E-state index < -0.39 is 10.0 Å². The Kier molecular flexibility index (Phi) is 7.21. The van der Waals surface area contributed by atoms with E-state index in [-0.39, 0.29) is 17.4 Å². The quantitative estimate of drug-likeness (QED) is 0.529. The van der Waals surface area contributed by atoms with Gasteiger partial charge < -0.3 is 19.5 Å². The van der Waals surface area contributed by atoms with Crippen LogP contribution in [0.25, 0.3) is 0 Å². The van der Waals surface area contributed by atoms with Crippen molar-refractivity contribution in [1.82, 2.24) is 0 Å². The fraction of sp³-hybridized carbons (Fsp3) is 0.174. The lowest BCUT2D eigenvalue weighted by Crippen LogP contribution is -2.26. The summed E-state index contributed by atoms with van der Waals surface area (Å²) in [6.45, 7) is -0.229. The highest BCUT2D eigenvalue weighted by Gasteiger charge is 2.20. The van der Waals surface area contributed by atoms with E-state index in [4.69, 9.17) is 14.2 Å². The molecule has 0 unspecified atom stereocenters. The van der Waals surface area contributed by atoms with Crippen molar-refractivity contribution in [3.63, 3.8) is 0 Å². The molecule has 0 saturated heterocycles. The molecule has 9 heteroatoms. The molecule has 0 fully saturated rings. The van der Waals surface area contributed by atoms with Gasteiger partial charge in [0.25, 0.3) is 15.9 Å². The normalized spacial score (nSPS) is 10.8. The monoisotopic (exact) mass is 456 g/mol. The average molecular weight is 457 g/mol. The molecule has 0 atom stereocenters. The Labute approximate surface area is 187 Å². The number of sulfonamides is 1. The summed E-state index contributed by atoms with van der Waals surface area (Å²) >= 11 is 0. The van der Waals surface area contributed by atoms with Crippen molar-refractivity contribution < 1.29 is 27.4 Å². The van der Waals surface area contributed by atoms with Gasteiger partial charge in [0.1, 0.15) is 17.2 Å². The fourth-order valence-electron chi connectivity index (χ4n) is 2.88. The van der Waals surface area contributed by atoms with Crippen molar-refractivity contribution in [1.29, 1.82) is 0 Å². The van der Waals surface area contributed by atoms with Gasteiger partial charge in [-0.25, -0.2) is 8.42 Å². The summed E-state index contributed by atoms with van der Waals surface area (Å²) in [5.74, 6) is 1.12. The summed E-state index contributed by atoms with van der Waals surface area (Å²) in [6, 6.07) is 19.7. The zero-order valence-corrected chi connectivity index (χ0v) is 18.8. The van der Waals surface area contributed by atoms with Crippen molar-refractivity contribution in [3.05, 3.63) is 72.8 Å². The van der Waals surface area contributed by atoms with Gasteiger partial charge in [0.2, 0.25) is 0 Å². The van der Waals surface area contributed by atoms with Gasteiger partial charge in [-0.05, 0) is 48.5 Å². The Bertz CT molecular complexity index is 1160. The van der Waals surface area contributed by atoms with Crippen molar-refractivity contribution >= 4 is 27.3 Å². The van der Waals surface area contributed by atoms with Crippen LogP contribution in [-0.2, 0) is 14.8 Å². The van der Waals surface area contributed by atoms with Crippen LogP contribution < -0.4 is 23.8 Å². The molecule has 0 aliphatic carbocycles. The second-order valence-corrected chi connectivity index (χ2v) is 8.65. The average Bonchev–Trinajstić information content (AvgIpc) is 2.83. The smallest absolute Gasteiger partial charge is 0.264 e. The largest absolute Gasteiger partial charge is 0.497 e. The number of anilines is 2. The molecule has 3 rings (SSSR count). The zero-order valence-electron chi connectivity index (χ0n) is 17.9. The van der Waals surface area contributed by atoms with Crippen molar-refractivity contribution in [2.45, 2.75) is 4.90 Å². The van der Waals surface area contributed by atoms with Crippen molar-refractivity contribution in [2.75, 3.05) is 37.5 Å². The van der Waals surface area contributed by atoms with Crippen LogP contribution in [-0.4, -0.2) is 42.2 Å². The minimum absolute atomic E-state index is 0.202. The Morgan fingerprint density at radius 2 is 1.56 bits per heavy atom. The molecule has 32 heavy (non-hydrogen) atoms. The molecule has 0 aliphatic rings. The van der Waals surface area contributed by atoms with Crippen LogP contribution in [0.2, 0.25) is 0 Å². The van der Waals surface area contributed by atoms with Crippen LogP contribution >= 0.6 is 0 Å². The molecule has 0 radical (unpaired) electrons. The lowest BCUT2D eigenvalue weighted by Gasteiger charge is -2.19. The van der Waals surface area contributed by atoms with Gasteiger partial charge >= 0.3 is 0 Å². The highest BCUT2D eigenvalue weighted by atomic mass is 32.2. The van der Waals surface area contributed by atoms with Crippen LogP contribution in [0, 0.1) is 0 Å². The number of amides is 1. The number of hydrogen-bond donors (Lipinski definition) is 1. The van der Waals surface area contributed by atoms with E-state index in [1.54, 1.807) is 79.9 Å². The molecule has 168 valence electrons. The number of nitrogens with one attached hydrogen (secondary N) is 1. The Morgan fingerprint density at radius 3 is 2.19 bits per heavy atom. The summed E-state index contributed by atoms with van der Waals surface area (Å²) in [6.07, 6.45) is 0. The van der Waals surface area contributed by atoms with Crippen LogP contribution in [0.3, 0.4) is 0 Å². The molecule has 0 spiro atoms. The van der Waals surface area contributed by atoms with Crippen LogP contribution in [0.5, 0.6) is 17.2 Å². The Morgan fingerprint density at radius 1 is 0.906 bits per heavy atom. The first-order valence-corrected chi connectivity index (χ1v) is 11.1. The molecule has 1 amide bonds. The first kappa shape index (κ1) is 23.0. The van der Waals surface area contributed by atoms with Crippen LogP contribution in [0.15, 0.2) is 77.7 Å². The highest BCUT2D eigenvalue weighted by molar-refractivity contribution is 7.92. The molecule has 1 N–H and O–H groups in total. The number of methoxy groups -OCH3 is 2. The second-order valence-electron chi connectivity index (χ2n) is 6.68. The van der Waals surface area contributed by atoms with E-state index in [1.807, 2.05) is 0 Å². The summed E-state index contributed by atoms with van der Waals surface area (Å²) < 4.78 is 42.5. The van der Waals surface area contributed by atoms with Gasteiger partial charge in [-0.1, -0.05) is 18.2 Å². The second kappa shape index (κ2) is 10.1. The van der Waals surface area contributed by atoms with Gasteiger partial charge in [-0.3, -0.25) is 9.10 Å². The number of ether oxygens (including phenoxy) is 3. The maximum atomic E-state index is 12.7. The van der Waals surface area contributed by atoms with Gasteiger partial charge in [-0.15, -0.1) is 0 Å². The first-order valence-electron chi connectivity index (χ1n) is 9.64. The zero-order chi connectivity index (χ0) is 23.1. The molecule has 0 aliphatic heterocycles. The third kappa shape index (κ3) is 5.30. The third-order valence-electron chi connectivity index (χ3n) is 4.65. The fourth-order valence-corrected chi connectivity index (χ4v) is 4.10. The first-order chi connectivity index (χ1) is 15.3. The van der Waals surface area contributed by atoms with Crippen LogP contribution in [0.4, 0.5) is 11.4 Å². The van der Waals surface area contributed by atoms with Gasteiger partial charge in [0.05, 0.1) is 30.5 Å². The van der Waals surface area contributed by atoms with Crippen molar-refractivity contribution in [2.24, 2.45) is 0 Å². The van der Waals surface area contributed by atoms with Gasteiger partial charge in [0, 0.05) is 13.1 Å². The number of benzene rings is 3. The van der Waals surface area contributed by atoms with Crippen molar-refractivity contribution in [3.8, 4) is 17.2 Å². The van der Waals surface area contributed by atoms with E-state index in [9.17, 15) is 13.2 Å². The summed E-state index contributed by atoms with van der Waals surface area (Å²) in [5, 5.41) is 2.72. The minimum Gasteiger partial charge on any atom is -0.497 e. The van der Waals surface area contributed by atoms with E-state index in [2.05, 4.69) is 5.32 Å². The maximum absolute atomic E-state index is 12.7. The predicted molar refractivity (Wildman–Crippen MR) is 122 cm³/mol. The summed E-state index contributed by atoms with van der Waals surface area (Å²) in [5.41, 5.74) is 0.957. The summed E-state index contributed by atoms with van der Waals surface area (Å²) in [4.78, 5) is 12.5. The lowest BCUT2D eigenvalue weighted by atomic mass is 10.2.